The lowest BCUT2D eigenvalue weighted by molar-refractivity contribution is -0.400. The standard InChI is InChI=1S/C11H9ClN2O2/c1-13-7-8(4-5-14(15)16)10-3-2-9(12)6-11(10)13/h2-7H,1H3/b5-4+. The molecule has 0 atom stereocenters. The first kappa shape index (κ1) is 10.7. The third kappa shape index (κ3) is 1.92. The first-order valence-corrected chi connectivity index (χ1v) is 5.02. The molecule has 0 radical (unpaired) electrons. The number of rotatable bonds is 2. The van der Waals surface area contributed by atoms with Crippen LogP contribution < -0.4 is 0 Å². The van der Waals surface area contributed by atoms with E-state index in [1.54, 1.807) is 6.07 Å². The summed E-state index contributed by atoms with van der Waals surface area (Å²) >= 11 is 5.89. The van der Waals surface area contributed by atoms with E-state index in [2.05, 4.69) is 0 Å². The molecule has 2 aromatic rings. The van der Waals surface area contributed by atoms with Gasteiger partial charge in [0.1, 0.15) is 0 Å². The fraction of sp³-hybridized carbons (Fsp3) is 0.0909. The number of aromatic nitrogens is 1. The molecule has 0 amide bonds. The minimum absolute atomic E-state index is 0.477. The van der Waals surface area contributed by atoms with Crippen molar-refractivity contribution in [3.8, 4) is 0 Å². The minimum atomic E-state index is -0.477. The van der Waals surface area contributed by atoms with Gasteiger partial charge in [0.2, 0.25) is 6.20 Å². The summed E-state index contributed by atoms with van der Waals surface area (Å²) in [5.41, 5.74) is 1.77. The first-order chi connectivity index (χ1) is 7.58. The highest BCUT2D eigenvalue weighted by Gasteiger charge is 2.05. The number of hydrogen-bond donors (Lipinski definition) is 0. The van der Waals surface area contributed by atoms with Crippen molar-refractivity contribution < 1.29 is 4.92 Å². The predicted molar refractivity (Wildman–Crippen MR) is 64.0 cm³/mol. The predicted octanol–water partition coefficient (Wildman–Crippen LogP) is 3.08. The molecule has 4 nitrogen and oxygen atoms in total. The maximum Gasteiger partial charge on any atom is 0.235 e. The van der Waals surface area contributed by atoms with E-state index in [9.17, 15) is 10.1 Å². The van der Waals surface area contributed by atoms with Gasteiger partial charge in [0.05, 0.1) is 4.92 Å². The third-order valence-electron chi connectivity index (χ3n) is 2.36. The summed E-state index contributed by atoms with van der Waals surface area (Å²) in [6, 6.07) is 5.46. The summed E-state index contributed by atoms with van der Waals surface area (Å²) in [6.07, 6.45) is 4.25. The summed E-state index contributed by atoms with van der Waals surface area (Å²) in [5, 5.41) is 11.9. The Balaban J connectivity index is 2.59. The number of fused-ring (bicyclic) bond motifs is 1. The van der Waals surface area contributed by atoms with Gasteiger partial charge in [-0.2, -0.15) is 0 Å². The van der Waals surface area contributed by atoms with Crippen LogP contribution in [0.15, 0.2) is 30.6 Å². The SMILES string of the molecule is Cn1cc(/C=C/[N+](=O)[O-])c2ccc(Cl)cc21. The zero-order valence-electron chi connectivity index (χ0n) is 8.55. The van der Waals surface area contributed by atoms with Crippen LogP contribution in [0.1, 0.15) is 5.56 Å². The molecule has 0 aliphatic carbocycles. The molecule has 0 unspecified atom stereocenters. The monoisotopic (exact) mass is 236 g/mol. The molecule has 0 saturated heterocycles. The average Bonchev–Trinajstić information content (AvgIpc) is 2.53. The van der Waals surface area contributed by atoms with Crippen LogP contribution in [0, 0.1) is 10.1 Å². The molecule has 0 aliphatic heterocycles. The van der Waals surface area contributed by atoms with Gasteiger partial charge >= 0.3 is 0 Å². The molecule has 5 heteroatoms. The van der Waals surface area contributed by atoms with Gasteiger partial charge in [0.25, 0.3) is 0 Å². The Morgan fingerprint density at radius 2 is 2.25 bits per heavy atom. The molecule has 16 heavy (non-hydrogen) atoms. The molecule has 0 saturated carbocycles. The minimum Gasteiger partial charge on any atom is -0.350 e. The Kier molecular flexibility index (Phi) is 2.66. The van der Waals surface area contributed by atoms with Crippen molar-refractivity contribution in [3.05, 3.63) is 51.3 Å². The van der Waals surface area contributed by atoms with Crippen LogP contribution in [0.25, 0.3) is 17.0 Å². The Morgan fingerprint density at radius 3 is 2.94 bits per heavy atom. The second kappa shape index (κ2) is 3.98. The van der Waals surface area contributed by atoms with E-state index in [0.717, 1.165) is 22.7 Å². The van der Waals surface area contributed by atoms with Gasteiger partial charge in [-0.15, -0.1) is 0 Å². The summed E-state index contributed by atoms with van der Waals surface area (Å²) < 4.78 is 1.89. The quantitative estimate of drug-likeness (QED) is 0.594. The van der Waals surface area contributed by atoms with Crippen LogP contribution in [0.4, 0.5) is 0 Å². The van der Waals surface area contributed by atoms with Crippen molar-refractivity contribution in [2.45, 2.75) is 0 Å². The van der Waals surface area contributed by atoms with Crippen LogP contribution in [0.5, 0.6) is 0 Å². The second-order valence-electron chi connectivity index (χ2n) is 3.46. The van der Waals surface area contributed by atoms with Crippen molar-refractivity contribution in [1.82, 2.24) is 4.57 Å². The first-order valence-electron chi connectivity index (χ1n) is 4.64. The Hall–Kier alpha value is -1.81. The molecular formula is C11H9ClN2O2. The maximum absolute atomic E-state index is 10.3. The van der Waals surface area contributed by atoms with Crippen LogP contribution >= 0.6 is 11.6 Å². The normalized spacial score (nSPS) is 11.4. The fourth-order valence-corrected chi connectivity index (χ4v) is 1.83. The van der Waals surface area contributed by atoms with Crippen molar-refractivity contribution >= 4 is 28.6 Å². The lowest BCUT2D eigenvalue weighted by atomic mass is 10.2. The number of hydrogen-bond acceptors (Lipinski definition) is 2. The van der Waals surface area contributed by atoms with Gasteiger partial charge in [-0.1, -0.05) is 17.7 Å². The van der Waals surface area contributed by atoms with E-state index in [4.69, 9.17) is 11.6 Å². The molecule has 1 aromatic heterocycles. The third-order valence-corrected chi connectivity index (χ3v) is 2.59. The Labute approximate surface area is 96.9 Å². The van der Waals surface area contributed by atoms with Gasteiger partial charge in [0.15, 0.2) is 0 Å². The highest BCUT2D eigenvalue weighted by Crippen LogP contribution is 2.24. The number of halogens is 1. The van der Waals surface area contributed by atoms with Crippen LogP contribution in [-0.2, 0) is 7.05 Å². The van der Waals surface area contributed by atoms with E-state index in [0.29, 0.717) is 5.02 Å². The van der Waals surface area contributed by atoms with Gasteiger partial charge < -0.3 is 4.57 Å². The van der Waals surface area contributed by atoms with Crippen molar-refractivity contribution in [2.24, 2.45) is 7.05 Å². The van der Waals surface area contributed by atoms with E-state index in [1.165, 1.54) is 6.08 Å². The average molecular weight is 237 g/mol. The fourth-order valence-electron chi connectivity index (χ4n) is 1.66. The summed E-state index contributed by atoms with van der Waals surface area (Å²) in [6.45, 7) is 0. The number of benzene rings is 1. The lowest BCUT2D eigenvalue weighted by Gasteiger charge is -1.95. The summed E-state index contributed by atoms with van der Waals surface area (Å²) in [7, 11) is 1.88. The van der Waals surface area contributed by atoms with E-state index >= 15 is 0 Å². The molecule has 0 N–H and O–H groups in total. The highest BCUT2D eigenvalue weighted by molar-refractivity contribution is 6.31. The van der Waals surface area contributed by atoms with E-state index in [-0.39, 0.29) is 0 Å². The Bertz CT molecular complexity index is 587. The molecular weight excluding hydrogens is 228 g/mol. The molecule has 0 aliphatic rings. The van der Waals surface area contributed by atoms with Gasteiger partial charge in [0, 0.05) is 40.8 Å². The lowest BCUT2D eigenvalue weighted by Crippen LogP contribution is -1.82. The summed E-state index contributed by atoms with van der Waals surface area (Å²) in [4.78, 5) is 9.78. The number of nitro groups is 1. The van der Waals surface area contributed by atoms with Gasteiger partial charge in [-0.25, -0.2) is 0 Å². The smallest absolute Gasteiger partial charge is 0.235 e. The van der Waals surface area contributed by atoms with Crippen molar-refractivity contribution in [1.29, 1.82) is 0 Å². The zero-order valence-corrected chi connectivity index (χ0v) is 9.31. The van der Waals surface area contributed by atoms with Crippen molar-refractivity contribution in [3.63, 3.8) is 0 Å². The van der Waals surface area contributed by atoms with Crippen molar-refractivity contribution in [2.75, 3.05) is 0 Å². The molecule has 0 spiro atoms. The van der Waals surface area contributed by atoms with E-state index < -0.39 is 4.92 Å². The summed E-state index contributed by atoms with van der Waals surface area (Å²) in [5.74, 6) is 0. The van der Waals surface area contributed by atoms with Crippen LogP contribution in [0.2, 0.25) is 5.02 Å². The topological polar surface area (TPSA) is 48.1 Å². The van der Waals surface area contributed by atoms with E-state index in [1.807, 2.05) is 29.9 Å². The second-order valence-corrected chi connectivity index (χ2v) is 3.89. The van der Waals surface area contributed by atoms with Gasteiger partial charge in [-0.3, -0.25) is 10.1 Å². The molecule has 1 heterocycles. The zero-order chi connectivity index (χ0) is 11.7. The maximum atomic E-state index is 10.3. The molecule has 1 aromatic carbocycles. The van der Waals surface area contributed by atoms with Crippen LogP contribution in [-0.4, -0.2) is 9.49 Å². The number of aryl methyl sites for hydroxylation is 1. The Morgan fingerprint density at radius 1 is 1.50 bits per heavy atom. The largest absolute Gasteiger partial charge is 0.350 e. The molecule has 2 rings (SSSR count). The molecule has 0 fully saturated rings. The molecule has 0 bridgehead atoms. The van der Waals surface area contributed by atoms with Crippen LogP contribution in [0.3, 0.4) is 0 Å². The molecule has 82 valence electrons. The highest BCUT2D eigenvalue weighted by atomic mass is 35.5. The van der Waals surface area contributed by atoms with Gasteiger partial charge in [-0.05, 0) is 12.1 Å². The number of nitrogens with zero attached hydrogens (tertiary/aromatic N) is 2.